The standard InChI is InChI=1S/C16H26N2O3/c1-11-13(19)17-15(2,12-4-5-12)14(20)18(11)10-16(6-7-16)8-9-21-3/h11-12H,4-10H2,1-3H3,(H,17,19). The Labute approximate surface area is 126 Å². The third-order valence-corrected chi connectivity index (χ3v) is 5.63. The molecule has 0 radical (unpaired) electrons. The minimum absolute atomic E-state index is 0.00783. The van der Waals surface area contributed by atoms with Gasteiger partial charge in [0.05, 0.1) is 0 Å². The molecule has 2 atom stereocenters. The normalized spacial score (nSPS) is 34.8. The lowest BCUT2D eigenvalue weighted by Gasteiger charge is -2.45. The summed E-state index contributed by atoms with van der Waals surface area (Å²) in [5.74, 6) is 0.422. The van der Waals surface area contributed by atoms with Gasteiger partial charge in [0, 0.05) is 20.3 Å². The summed E-state index contributed by atoms with van der Waals surface area (Å²) in [5.41, 5.74) is -0.497. The highest BCUT2D eigenvalue weighted by Crippen LogP contribution is 2.51. The number of hydrogen-bond acceptors (Lipinski definition) is 3. The summed E-state index contributed by atoms with van der Waals surface area (Å²) in [5, 5.41) is 2.98. The number of nitrogens with zero attached hydrogens (tertiary/aromatic N) is 1. The van der Waals surface area contributed by atoms with Crippen molar-refractivity contribution < 1.29 is 14.3 Å². The van der Waals surface area contributed by atoms with Gasteiger partial charge in [0.1, 0.15) is 11.6 Å². The van der Waals surface area contributed by atoms with E-state index in [1.807, 2.05) is 18.7 Å². The summed E-state index contributed by atoms with van der Waals surface area (Å²) >= 11 is 0. The molecule has 2 saturated carbocycles. The van der Waals surface area contributed by atoms with Gasteiger partial charge in [0.25, 0.3) is 0 Å². The van der Waals surface area contributed by atoms with Crippen LogP contribution in [0.25, 0.3) is 0 Å². The van der Waals surface area contributed by atoms with Gasteiger partial charge >= 0.3 is 0 Å². The van der Waals surface area contributed by atoms with Gasteiger partial charge in [-0.1, -0.05) is 0 Å². The summed E-state index contributed by atoms with van der Waals surface area (Å²) in [6.45, 7) is 5.17. The highest BCUT2D eigenvalue weighted by atomic mass is 16.5. The summed E-state index contributed by atoms with van der Waals surface area (Å²) in [7, 11) is 1.71. The third-order valence-electron chi connectivity index (χ3n) is 5.63. The van der Waals surface area contributed by atoms with Gasteiger partial charge in [0.2, 0.25) is 11.8 Å². The smallest absolute Gasteiger partial charge is 0.249 e. The minimum Gasteiger partial charge on any atom is -0.385 e. The maximum atomic E-state index is 12.9. The lowest BCUT2D eigenvalue weighted by Crippen LogP contribution is -2.70. The number of rotatable bonds is 6. The average molecular weight is 294 g/mol. The molecule has 0 spiro atoms. The number of methoxy groups -OCH3 is 1. The fourth-order valence-electron chi connectivity index (χ4n) is 3.52. The Morgan fingerprint density at radius 2 is 2.00 bits per heavy atom. The summed E-state index contributed by atoms with van der Waals surface area (Å²) in [6, 6.07) is -0.357. The van der Waals surface area contributed by atoms with Gasteiger partial charge in [-0.15, -0.1) is 0 Å². The Kier molecular flexibility index (Phi) is 3.51. The molecule has 0 aromatic rings. The molecular weight excluding hydrogens is 268 g/mol. The van der Waals surface area contributed by atoms with Crippen LogP contribution in [0.1, 0.15) is 46.0 Å². The topological polar surface area (TPSA) is 58.6 Å². The first-order valence-electron chi connectivity index (χ1n) is 8.04. The van der Waals surface area contributed by atoms with E-state index in [0.717, 1.165) is 38.7 Å². The molecule has 0 aromatic heterocycles. The van der Waals surface area contributed by atoms with Gasteiger partial charge in [-0.2, -0.15) is 0 Å². The van der Waals surface area contributed by atoms with E-state index in [1.165, 1.54) is 0 Å². The van der Waals surface area contributed by atoms with E-state index >= 15 is 0 Å². The van der Waals surface area contributed by atoms with Crippen LogP contribution in [0, 0.1) is 11.3 Å². The molecule has 1 heterocycles. The van der Waals surface area contributed by atoms with E-state index in [9.17, 15) is 9.59 Å². The van der Waals surface area contributed by atoms with Crippen LogP contribution in [0.15, 0.2) is 0 Å². The van der Waals surface area contributed by atoms with Gasteiger partial charge in [-0.3, -0.25) is 9.59 Å². The molecule has 1 N–H and O–H groups in total. The second kappa shape index (κ2) is 4.97. The van der Waals surface area contributed by atoms with E-state index in [2.05, 4.69) is 5.32 Å². The van der Waals surface area contributed by atoms with Crippen molar-refractivity contribution in [3.05, 3.63) is 0 Å². The molecule has 21 heavy (non-hydrogen) atoms. The molecule has 1 aliphatic heterocycles. The molecule has 5 heteroatoms. The number of amides is 2. The molecule has 1 saturated heterocycles. The molecule has 3 fully saturated rings. The number of ether oxygens (including phenoxy) is 1. The van der Waals surface area contributed by atoms with Crippen molar-refractivity contribution in [1.29, 1.82) is 0 Å². The Morgan fingerprint density at radius 3 is 2.52 bits per heavy atom. The van der Waals surface area contributed by atoms with Gasteiger partial charge in [-0.25, -0.2) is 0 Å². The first kappa shape index (κ1) is 14.8. The van der Waals surface area contributed by atoms with Crippen LogP contribution in [-0.4, -0.2) is 48.6 Å². The summed E-state index contributed by atoms with van der Waals surface area (Å²) in [6.07, 6.45) is 5.32. The number of carbonyl (C=O) groups excluding carboxylic acids is 2. The Bertz CT molecular complexity index is 456. The number of carbonyl (C=O) groups is 2. The van der Waals surface area contributed by atoms with Crippen molar-refractivity contribution >= 4 is 11.8 Å². The summed E-state index contributed by atoms with van der Waals surface area (Å²) < 4.78 is 5.19. The van der Waals surface area contributed by atoms with Crippen molar-refractivity contribution in [3.8, 4) is 0 Å². The summed E-state index contributed by atoms with van der Waals surface area (Å²) in [4.78, 5) is 27.1. The van der Waals surface area contributed by atoms with Crippen molar-refractivity contribution in [3.63, 3.8) is 0 Å². The minimum atomic E-state index is -0.680. The maximum absolute atomic E-state index is 12.9. The molecule has 0 bridgehead atoms. The van der Waals surface area contributed by atoms with E-state index < -0.39 is 5.54 Å². The zero-order valence-corrected chi connectivity index (χ0v) is 13.3. The highest BCUT2D eigenvalue weighted by molar-refractivity contribution is 5.99. The number of hydrogen-bond donors (Lipinski definition) is 1. The fraction of sp³-hybridized carbons (Fsp3) is 0.875. The zero-order chi connectivity index (χ0) is 15.3. The largest absolute Gasteiger partial charge is 0.385 e. The average Bonchev–Trinajstić information content (AvgIpc) is 3.34. The van der Waals surface area contributed by atoms with E-state index in [4.69, 9.17) is 4.74 Å². The molecule has 5 nitrogen and oxygen atoms in total. The van der Waals surface area contributed by atoms with Crippen molar-refractivity contribution in [2.75, 3.05) is 20.3 Å². The second-order valence-corrected chi connectivity index (χ2v) is 7.32. The van der Waals surface area contributed by atoms with Crippen LogP contribution in [0.5, 0.6) is 0 Å². The molecule has 118 valence electrons. The monoisotopic (exact) mass is 294 g/mol. The Morgan fingerprint density at radius 1 is 1.33 bits per heavy atom. The van der Waals surface area contributed by atoms with Crippen molar-refractivity contribution in [2.24, 2.45) is 11.3 Å². The predicted molar refractivity (Wildman–Crippen MR) is 78.6 cm³/mol. The third kappa shape index (κ3) is 2.56. The van der Waals surface area contributed by atoms with Crippen LogP contribution in [0.2, 0.25) is 0 Å². The van der Waals surface area contributed by atoms with Crippen LogP contribution in [0.3, 0.4) is 0 Å². The SMILES string of the molecule is COCCC1(CN2C(=O)C(C)(C3CC3)NC(=O)C2C)CC1. The van der Waals surface area contributed by atoms with Crippen LogP contribution >= 0.6 is 0 Å². The van der Waals surface area contributed by atoms with Crippen molar-refractivity contribution in [2.45, 2.75) is 57.5 Å². The van der Waals surface area contributed by atoms with Crippen LogP contribution in [0.4, 0.5) is 0 Å². The zero-order valence-electron chi connectivity index (χ0n) is 13.3. The van der Waals surface area contributed by atoms with Gasteiger partial charge in [0.15, 0.2) is 0 Å². The van der Waals surface area contributed by atoms with E-state index in [-0.39, 0.29) is 23.3 Å². The Balaban J connectivity index is 1.75. The first-order valence-corrected chi connectivity index (χ1v) is 8.04. The first-order chi connectivity index (χ1) is 9.92. The molecule has 2 unspecified atom stereocenters. The van der Waals surface area contributed by atoms with Gasteiger partial charge < -0.3 is 15.0 Å². The van der Waals surface area contributed by atoms with Crippen LogP contribution in [-0.2, 0) is 14.3 Å². The highest BCUT2D eigenvalue weighted by Gasteiger charge is 2.56. The molecule has 3 rings (SSSR count). The Hall–Kier alpha value is -1.10. The number of piperazine rings is 1. The molecule has 2 amide bonds. The predicted octanol–water partition coefficient (Wildman–Crippen LogP) is 1.32. The molecule has 0 aromatic carbocycles. The number of nitrogens with one attached hydrogen (secondary N) is 1. The quantitative estimate of drug-likeness (QED) is 0.804. The molecular formula is C16H26N2O3. The van der Waals surface area contributed by atoms with Gasteiger partial charge in [-0.05, 0) is 57.3 Å². The second-order valence-electron chi connectivity index (χ2n) is 7.32. The fourth-order valence-corrected chi connectivity index (χ4v) is 3.52. The van der Waals surface area contributed by atoms with E-state index in [1.54, 1.807) is 7.11 Å². The molecule has 3 aliphatic rings. The van der Waals surface area contributed by atoms with Crippen molar-refractivity contribution in [1.82, 2.24) is 10.2 Å². The molecule has 2 aliphatic carbocycles. The van der Waals surface area contributed by atoms with Crippen LogP contribution < -0.4 is 5.32 Å². The lowest BCUT2D eigenvalue weighted by molar-refractivity contribution is -0.155. The van der Waals surface area contributed by atoms with E-state index in [0.29, 0.717) is 12.5 Å². The lowest BCUT2D eigenvalue weighted by atomic mass is 9.88. The maximum Gasteiger partial charge on any atom is 0.249 e.